The van der Waals surface area contributed by atoms with Crippen molar-refractivity contribution in [1.82, 2.24) is 10.1 Å². The average Bonchev–Trinajstić information content (AvgIpc) is 3.27. The monoisotopic (exact) mass is 505 g/mol. The summed E-state index contributed by atoms with van der Waals surface area (Å²) >= 11 is 1.76. The lowest BCUT2D eigenvalue weighted by Crippen LogP contribution is -2.52. The van der Waals surface area contributed by atoms with Gasteiger partial charge in [0, 0.05) is 10.4 Å². The van der Waals surface area contributed by atoms with Crippen molar-refractivity contribution in [2.45, 2.75) is 52.5 Å². The zero-order valence-electron chi connectivity index (χ0n) is 20.1. The summed E-state index contributed by atoms with van der Waals surface area (Å²) in [4.78, 5) is 7.23. The molecule has 2 heterocycles. The molecule has 0 bridgehead atoms. The van der Waals surface area contributed by atoms with Gasteiger partial charge in [-0.25, -0.2) is 0 Å². The number of fused-ring (bicyclic) bond motifs is 3. The first-order chi connectivity index (χ1) is 15.6. The molecule has 0 spiro atoms. The Bertz CT molecular complexity index is 1210. The minimum atomic E-state index is -1.19. The van der Waals surface area contributed by atoms with Crippen molar-refractivity contribution in [3.8, 4) is 27.9 Å². The topological polar surface area (TPSA) is 115 Å². The van der Waals surface area contributed by atoms with Crippen LogP contribution in [0, 0.1) is 32.1 Å². The number of aliphatic hydroxyl groups excluding tert-OH is 2. The fraction of sp³-hybridized carbons (Fsp3) is 0.520. The second kappa shape index (κ2) is 8.60. The van der Waals surface area contributed by atoms with Gasteiger partial charge in [-0.3, -0.25) is 0 Å². The van der Waals surface area contributed by atoms with Gasteiger partial charge in [0.25, 0.3) is 5.89 Å². The van der Waals surface area contributed by atoms with E-state index >= 15 is 0 Å². The predicted octanol–water partition coefficient (Wildman–Crippen LogP) is 4.17. The zero-order valence-corrected chi connectivity index (χ0v) is 21.8. The van der Waals surface area contributed by atoms with Gasteiger partial charge in [-0.15, -0.1) is 23.7 Å². The standard InChI is InChI=1S/C25H31N3O4S.ClH/c1-12-6-15(7-13(2)20(12)31-11-25(26,9-29)10-30)22-27-23(32-28-22)21-16-8-17-19(24(17,4)5)18(16)14(3)33-21;/h6-7,17,19,29-30H,8-11,26H2,1-5H3;1H/t17-,19-;/m1./s1. The normalized spacial score (nSPS) is 20.0. The molecular formula is C25H32ClN3O4S. The molecule has 9 heteroatoms. The third-order valence-electron chi connectivity index (χ3n) is 7.49. The predicted molar refractivity (Wildman–Crippen MR) is 135 cm³/mol. The molecule has 4 N–H and O–H groups in total. The molecule has 2 atom stereocenters. The lowest BCUT2D eigenvalue weighted by atomic mass is 9.95. The van der Waals surface area contributed by atoms with E-state index in [1.807, 2.05) is 26.0 Å². The summed E-state index contributed by atoms with van der Waals surface area (Å²) < 4.78 is 11.6. The van der Waals surface area contributed by atoms with Gasteiger partial charge in [-0.05, 0) is 78.8 Å². The van der Waals surface area contributed by atoms with Gasteiger partial charge in [0.15, 0.2) is 0 Å². The zero-order chi connectivity index (χ0) is 23.7. The number of aliphatic hydroxyl groups is 2. The van der Waals surface area contributed by atoms with E-state index in [1.54, 1.807) is 11.3 Å². The van der Waals surface area contributed by atoms with E-state index in [9.17, 15) is 10.2 Å². The van der Waals surface area contributed by atoms with Crippen LogP contribution in [-0.2, 0) is 6.42 Å². The molecule has 0 saturated heterocycles. The van der Waals surface area contributed by atoms with Crippen LogP contribution in [0.4, 0.5) is 0 Å². The largest absolute Gasteiger partial charge is 0.491 e. The molecule has 2 aromatic heterocycles. The van der Waals surface area contributed by atoms with E-state index in [-0.39, 0.29) is 32.2 Å². The Balaban J connectivity index is 0.00000274. The summed E-state index contributed by atoms with van der Waals surface area (Å²) in [5.41, 5.74) is 10.7. The lowest BCUT2D eigenvalue weighted by molar-refractivity contribution is 0.0780. The van der Waals surface area contributed by atoms with E-state index in [1.165, 1.54) is 16.0 Å². The van der Waals surface area contributed by atoms with Crippen LogP contribution in [-0.4, -0.2) is 45.7 Å². The second-order valence-corrected chi connectivity index (χ2v) is 11.5. The van der Waals surface area contributed by atoms with Gasteiger partial charge in [0.2, 0.25) is 5.82 Å². The molecular weight excluding hydrogens is 474 g/mol. The quantitative estimate of drug-likeness (QED) is 0.441. The van der Waals surface area contributed by atoms with E-state index in [0.29, 0.717) is 28.8 Å². The number of nitrogens with two attached hydrogens (primary N) is 1. The minimum absolute atomic E-state index is 0. The van der Waals surface area contributed by atoms with Crippen molar-refractivity contribution in [2.75, 3.05) is 19.8 Å². The van der Waals surface area contributed by atoms with Crippen molar-refractivity contribution >= 4 is 23.7 Å². The number of nitrogens with zero attached hydrogens (tertiary/aromatic N) is 2. The molecule has 5 rings (SSSR count). The molecule has 0 unspecified atom stereocenters. The van der Waals surface area contributed by atoms with Gasteiger partial charge < -0.3 is 25.2 Å². The Hall–Kier alpha value is -1.97. The van der Waals surface area contributed by atoms with E-state index < -0.39 is 5.54 Å². The Morgan fingerprint density at radius 3 is 2.47 bits per heavy atom. The summed E-state index contributed by atoms with van der Waals surface area (Å²) in [6.07, 6.45) is 1.10. The highest BCUT2D eigenvalue weighted by Gasteiger charge is 2.63. The number of ether oxygens (including phenoxy) is 1. The first-order valence-corrected chi connectivity index (χ1v) is 12.1. The molecule has 1 aromatic carbocycles. The molecule has 34 heavy (non-hydrogen) atoms. The van der Waals surface area contributed by atoms with Crippen LogP contribution < -0.4 is 10.5 Å². The SMILES string of the molecule is Cc1cc(-c2noc(-c3sc(C)c4c3C[C@@H]3[C@H]4C3(C)C)n2)cc(C)c1OCC(N)(CO)CO.Cl. The number of rotatable bonds is 7. The number of aromatic nitrogens is 2. The molecule has 0 radical (unpaired) electrons. The lowest BCUT2D eigenvalue weighted by Gasteiger charge is -2.25. The van der Waals surface area contributed by atoms with Crippen LogP contribution in [0.5, 0.6) is 5.75 Å². The highest BCUT2D eigenvalue weighted by Crippen LogP contribution is 2.72. The van der Waals surface area contributed by atoms with Gasteiger partial charge in [0.1, 0.15) is 12.4 Å². The van der Waals surface area contributed by atoms with Gasteiger partial charge in [0.05, 0.1) is 23.6 Å². The molecule has 0 aliphatic heterocycles. The van der Waals surface area contributed by atoms with Crippen LogP contribution >= 0.6 is 23.7 Å². The van der Waals surface area contributed by atoms with Crippen molar-refractivity contribution in [3.63, 3.8) is 0 Å². The van der Waals surface area contributed by atoms with Crippen LogP contribution in [0.1, 0.15) is 46.9 Å². The summed E-state index contributed by atoms with van der Waals surface area (Å²) in [6, 6.07) is 3.91. The first-order valence-electron chi connectivity index (χ1n) is 11.3. The maximum atomic E-state index is 9.40. The van der Waals surface area contributed by atoms with E-state index in [0.717, 1.165) is 33.9 Å². The number of halogens is 1. The molecule has 7 nitrogen and oxygen atoms in total. The Morgan fingerprint density at radius 2 is 1.85 bits per heavy atom. The number of hydrogen-bond donors (Lipinski definition) is 3. The van der Waals surface area contributed by atoms with Crippen molar-refractivity contribution in [1.29, 1.82) is 0 Å². The van der Waals surface area contributed by atoms with Gasteiger partial charge >= 0.3 is 0 Å². The highest BCUT2D eigenvalue weighted by molar-refractivity contribution is 7.15. The molecule has 2 aliphatic rings. The Labute approximate surface area is 209 Å². The minimum Gasteiger partial charge on any atom is -0.491 e. The van der Waals surface area contributed by atoms with E-state index in [4.69, 9.17) is 20.0 Å². The van der Waals surface area contributed by atoms with Crippen LogP contribution in [0.15, 0.2) is 16.7 Å². The maximum absolute atomic E-state index is 9.40. The number of benzene rings is 1. The molecule has 1 fully saturated rings. The Kier molecular flexibility index (Phi) is 6.36. The molecule has 184 valence electrons. The number of hydrogen-bond acceptors (Lipinski definition) is 8. The average molecular weight is 506 g/mol. The smallest absolute Gasteiger partial charge is 0.268 e. The molecule has 2 aliphatic carbocycles. The van der Waals surface area contributed by atoms with Crippen LogP contribution in [0.3, 0.4) is 0 Å². The van der Waals surface area contributed by atoms with Gasteiger partial charge in [-0.1, -0.05) is 19.0 Å². The third kappa shape index (κ3) is 3.85. The van der Waals surface area contributed by atoms with Crippen molar-refractivity contribution in [3.05, 3.63) is 39.3 Å². The summed E-state index contributed by atoms with van der Waals surface area (Å²) in [7, 11) is 0. The molecule has 0 amide bonds. The van der Waals surface area contributed by atoms with Crippen LogP contribution in [0.2, 0.25) is 0 Å². The summed E-state index contributed by atoms with van der Waals surface area (Å²) in [6.45, 7) is 10.1. The maximum Gasteiger partial charge on any atom is 0.268 e. The molecule has 1 saturated carbocycles. The highest BCUT2D eigenvalue weighted by atomic mass is 35.5. The number of thiophene rings is 1. The molecule has 3 aromatic rings. The third-order valence-corrected chi connectivity index (χ3v) is 8.64. The van der Waals surface area contributed by atoms with Gasteiger partial charge in [-0.2, -0.15) is 4.98 Å². The Morgan fingerprint density at radius 1 is 1.21 bits per heavy atom. The van der Waals surface area contributed by atoms with Crippen LogP contribution in [0.25, 0.3) is 22.2 Å². The first kappa shape index (κ1) is 25.1. The fourth-order valence-corrected chi connectivity index (χ4v) is 6.55. The fourth-order valence-electron chi connectivity index (χ4n) is 5.40. The van der Waals surface area contributed by atoms with Crippen molar-refractivity contribution < 1.29 is 19.5 Å². The summed E-state index contributed by atoms with van der Waals surface area (Å²) in [5.74, 6) is 3.21. The van der Waals surface area contributed by atoms with E-state index in [2.05, 4.69) is 25.9 Å². The summed E-state index contributed by atoms with van der Waals surface area (Å²) in [5, 5.41) is 23.1. The number of aryl methyl sites for hydroxylation is 3. The second-order valence-electron chi connectivity index (χ2n) is 10.3. The van der Waals surface area contributed by atoms with Crippen molar-refractivity contribution in [2.24, 2.45) is 17.1 Å².